The van der Waals surface area contributed by atoms with E-state index in [1.165, 1.54) is 11.1 Å². The average molecular weight is 247 g/mol. The van der Waals surface area contributed by atoms with Crippen molar-refractivity contribution in [2.24, 2.45) is 16.8 Å². The van der Waals surface area contributed by atoms with Crippen LogP contribution >= 0.6 is 0 Å². The molecule has 0 unspecified atom stereocenters. The topological polar surface area (TPSA) is 87.7 Å². The van der Waals surface area contributed by atoms with Crippen LogP contribution in [0.4, 0.5) is 0 Å². The third-order valence-corrected chi connectivity index (χ3v) is 3.23. The van der Waals surface area contributed by atoms with Crippen LogP contribution < -0.4 is 11.1 Å². The molecule has 2 rings (SSSR count). The fourth-order valence-electron chi connectivity index (χ4n) is 2.25. The van der Waals surface area contributed by atoms with Gasteiger partial charge < -0.3 is 16.3 Å². The van der Waals surface area contributed by atoms with Crippen LogP contribution in [0.2, 0.25) is 0 Å². The quantitative estimate of drug-likeness (QED) is 0.316. The molecule has 5 nitrogen and oxygen atoms in total. The predicted molar refractivity (Wildman–Crippen MR) is 68.4 cm³/mol. The number of amides is 1. The molecular formula is C13H17N3O2. The number of nitrogens with two attached hydrogens (primary N) is 1. The molecule has 1 amide bonds. The summed E-state index contributed by atoms with van der Waals surface area (Å²) in [6.45, 7) is 0.404. The maximum Gasteiger partial charge on any atom is 0.223 e. The summed E-state index contributed by atoms with van der Waals surface area (Å²) >= 11 is 0. The highest BCUT2D eigenvalue weighted by molar-refractivity contribution is 5.82. The van der Waals surface area contributed by atoms with E-state index in [9.17, 15) is 4.79 Å². The highest BCUT2D eigenvalue weighted by atomic mass is 16.4. The minimum absolute atomic E-state index is 0.00897. The van der Waals surface area contributed by atoms with E-state index in [4.69, 9.17) is 10.9 Å². The first-order chi connectivity index (χ1) is 8.70. The van der Waals surface area contributed by atoms with Gasteiger partial charge in [0.15, 0.2) is 0 Å². The lowest BCUT2D eigenvalue weighted by molar-refractivity contribution is -0.124. The summed E-state index contributed by atoms with van der Waals surface area (Å²) in [4.78, 5) is 11.9. The zero-order chi connectivity index (χ0) is 13.0. The molecule has 18 heavy (non-hydrogen) atoms. The zero-order valence-corrected chi connectivity index (χ0v) is 10.1. The Bertz CT molecular complexity index is 446. The molecule has 1 aromatic carbocycles. The summed E-state index contributed by atoms with van der Waals surface area (Å²) in [5.74, 6) is 0.177. The molecule has 1 aliphatic carbocycles. The minimum Gasteiger partial charge on any atom is -0.409 e. The number of carbonyl (C=O) groups is 1. The van der Waals surface area contributed by atoms with E-state index in [0.29, 0.717) is 13.0 Å². The van der Waals surface area contributed by atoms with Crippen LogP contribution in [0.25, 0.3) is 0 Å². The summed E-state index contributed by atoms with van der Waals surface area (Å²) in [6.07, 6.45) is 1.96. The van der Waals surface area contributed by atoms with Crippen molar-refractivity contribution < 1.29 is 10.0 Å². The lowest BCUT2D eigenvalue weighted by atomic mass is 10.1. The third-order valence-electron chi connectivity index (χ3n) is 3.23. The average Bonchev–Trinajstić information content (AvgIpc) is 2.82. The Balaban J connectivity index is 1.82. The van der Waals surface area contributed by atoms with Crippen LogP contribution in [0, 0.1) is 5.92 Å². The van der Waals surface area contributed by atoms with E-state index in [1.807, 2.05) is 12.1 Å². The van der Waals surface area contributed by atoms with E-state index in [2.05, 4.69) is 22.6 Å². The van der Waals surface area contributed by atoms with Gasteiger partial charge in [-0.2, -0.15) is 0 Å². The van der Waals surface area contributed by atoms with Crippen molar-refractivity contribution in [2.45, 2.75) is 19.3 Å². The van der Waals surface area contributed by atoms with Gasteiger partial charge in [0, 0.05) is 18.9 Å². The molecule has 0 saturated heterocycles. The number of amidine groups is 1. The van der Waals surface area contributed by atoms with Crippen molar-refractivity contribution in [3.8, 4) is 0 Å². The normalized spacial score (nSPS) is 15.4. The van der Waals surface area contributed by atoms with Gasteiger partial charge in [-0.3, -0.25) is 4.79 Å². The van der Waals surface area contributed by atoms with Crippen molar-refractivity contribution in [2.75, 3.05) is 6.54 Å². The Morgan fingerprint density at radius 2 is 2.00 bits per heavy atom. The van der Waals surface area contributed by atoms with E-state index >= 15 is 0 Å². The van der Waals surface area contributed by atoms with E-state index in [-0.39, 0.29) is 17.7 Å². The van der Waals surface area contributed by atoms with Gasteiger partial charge in [0.05, 0.1) is 0 Å². The molecule has 0 heterocycles. The van der Waals surface area contributed by atoms with Crippen molar-refractivity contribution >= 4 is 11.7 Å². The van der Waals surface area contributed by atoms with Gasteiger partial charge in [-0.15, -0.1) is 0 Å². The number of oxime groups is 1. The molecule has 96 valence electrons. The van der Waals surface area contributed by atoms with Crippen molar-refractivity contribution in [1.29, 1.82) is 0 Å². The maximum atomic E-state index is 11.9. The lowest BCUT2D eigenvalue weighted by Gasteiger charge is -2.09. The third kappa shape index (κ3) is 2.80. The first-order valence-corrected chi connectivity index (χ1v) is 6.01. The molecule has 4 N–H and O–H groups in total. The highest BCUT2D eigenvalue weighted by Crippen LogP contribution is 2.26. The Morgan fingerprint density at radius 3 is 2.56 bits per heavy atom. The fourth-order valence-corrected chi connectivity index (χ4v) is 2.25. The number of nitrogens with one attached hydrogen (secondary N) is 1. The first-order valence-electron chi connectivity index (χ1n) is 6.01. The summed E-state index contributed by atoms with van der Waals surface area (Å²) in [5.41, 5.74) is 7.85. The Morgan fingerprint density at radius 1 is 1.39 bits per heavy atom. The van der Waals surface area contributed by atoms with E-state index in [1.54, 1.807) is 0 Å². The molecule has 0 spiro atoms. The Kier molecular flexibility index (Phi) is 3.82. The number of benzene rings is 1. The van der Waals surface area contributed by atoms with Gasteiger partial charge in [0.25, 0.3) is 0 Å². The minimum atomic E-state index is 0.00897. The van der Waals surface area contributed by atoms with Crippen molar-refractivity contribution in [3.63, 3.8) is 0 Å². The van der Waals surface area contributed by atoms with Crippen molar-refractivity contribution in [3.05, 3.63) is 35.4 Å². The smallest absolute Gasteiger partial charge is 0.223 e. The fraction of sp³-hybridized carbons (Fsp3) is 0.385. The molecule has 1 aromatic rings. The molecule has 0 radical (unpaired) electrons. The number of hydrogen-bond acceptors (Lipinski definition) is 3. The lowest BCUT2D eigenvalue weighted by Crippen LogP contribution is -2.33. The summed E-state index contributed by atoms with van der Waals surface area (Å²) in [7, 11) is 0. The highest BCUT2D eigenvalue weighted by Gasteiger charge is 2.26. The molecular weight excluding hydrogens is 230 g/mol. The summed E-state index contributed by atoms with van der Waals surface area (Å²) < 4.78 is 0. The number of rotatable bonds is 4. The van der Waals surface area contributed by atoms with Gasteiger partial charge in [0.2, 0.25) is 5.91 Å². The summed E-state index contributed by atoms with van der Waals surface area (Å²) in [5, 5.41) is 14.1. The number of fused-ring (bicyclic) bond motifs is 1. The van der Waals surface area contributed by atoms with Crippen molar-refractivity contribution in [1.82, 2.24) is 5.32 Å². The second kappa shape index (κ2) is 5.53. The van der Waals surface area contributed by atoms with E-state index in [0.717, 1.165) is 12.8 Å². The van der Waals surface area contributed by atoms with Crippen LogP contribution in [0.15, 0.2) is 29.4 Å². The van der Waals surface area contributed by atoms with Crippen LogP contribution in [0.5, 0.6) is 0 Å². The molecule has 0 atom stereocenters. The van der Waals surface area contributed by atoms with Crippen LogP contribution in [0.1, 0.15) is 17.5 Å². The predicted octanol–water partition coefficient (Wildman–Crippen LogP) is 0.654. The maximum absolute atomic E-state index is 11.9. The second-order valence-electron chi connectivity index (χ2n) is 4.51. The van der Waals surface area contributed by atoms with Gasteiger partial charge in [-0.25, -0.2) is 0 Å². The SMILES string of the molecule is N/C(CCNC(=O)C1Cc2ccccc2C1)=N/O. The standard InChI is InChI=1S/C13H17N3O2/c14-12(16-18)5-6-15-13(17)11-7-9-3-1-2-4-10(9)8-11/h1-4,11,18H,5-8H2,(H2,14,16)(H,15,17). The number of nitrogens with zero attached hydrogens (tertiary/aromatic N) is 1. The van der Waals surface area contributed by atoms with Gasteiger partial charge in [-0.05, 0) is 24.0 Å². The molecule has 0 bridgehead atoms. The van der Waals surface area contributed by atoms with Gasteiger partial charge in [-0.1, -0.05) is 29.4 Å². The zero-order valence-electron chi connectivity index (χ0n) is 10.1. The molecule has 0 aromatic heterocycles. The first kappa shape index (κ1) is 12.4. The Hall–Kier alpha value is -2.04. The largest absolute Gasteiger partial charge is 0.409 e. The van der Waals surface area contributed by atoms with Crippen LogP contribution in [-0.4, -0.2) is 23.5 Å². The van der Waals surface area contributed by atoms with Crippen LogP contribution in [-0.2, 0) is 17.6 Å². The molecule has 0 saturated carbocycles. The Labute approximate surface area is 106 Å². The van der Waals surface area contributed by atoms with E-state index < -0.39 is 0 Å². The van der Waals surface area contributed by atoms with Gasteiger partial charge in [0.1, 0.15) is 5.84 Å². The van der Waals surface area contributed by atoms with Crippen LogP contribution in [0.3, 0.4) is 0 Å². The number of hydrogen-bond donors (Lipinski definition) is 3. The summed E-state index contributed by atoms with van der Waals surface area (Å²) in [6, 6.07) is 8.13. The second-order valence-corrected chi connectivity index (χ2v) is 4.51. The number of carbonyl (C=O) groups excluding carboxylic acids is 1. The van der Waals surface area contributed by atoms with Gasteiger partial charge >= 0.3 is 0 Å². The monoisotopic (exact) mass is 247 g/mol. The molecule has 5 heteroatoms. The molecule has 0 aliphatic heterocycles. The molecule has 0 fully saturated rings. The molecule has 1 aliphatic rings.